The summed E-state index contributed by atoms with van der Waals surface area (Å²) in [6, 6.07) is 15.1. The molecule has 0 unspecified atom stereocenters. The molecule has 1 atom stereocenters. The number of hydrogen-bond acceptors (Lipinski definition) is 4. The first-order chi connectivity index (χ1) is 12.9. The monoisotopic (exact) mass is 368 g/mol. The number of urea groups is 1. The van der Waals surface area contributed by atoms with Crippen LogP contribution in [0.5, 0.6) is 0 Å². The Bertz CT molecular complexity index is 791. The Morgan fingerprint density at radius 1 is 1.00 bits per heavy atom. The Kier molecular flexibility index (Phi) is 7.08. The van der Waals surface area contributed by atoms with Crippen LogP contribution in [-0.2, 0) is 9.59 Å². The number of likely N-dealkylation sites (N-methyl/N-ethyl adjacent to an activating group) is 1. The molecular weight excluding hydrogens is 344 g/mol. The molecule has 7 heteroatoms. The molecule has 142 valence electrons. The summed E-state index contributed by atoms with van der Waals surface area (Å²) in [5.74, 6) is -0.763. The lowest BCUT2D eigenvalue weighted by Crippen LogP contribution is -2.46. The van der Waals surface area contributed by atoms with Crippen LogP contribution in [-0.4, -0.2) is 43.4 Å². The van der Waals surface area contributed by atoms with E-state index in [9.17, 15) is 14.4 Å². The van der Waals surface area contributed by atoms with Gasteiger partial charge in [0.15, 0.2) is 0 Å². The molecular formula is C20H24N4O3. The molecule has 0 aliphatic rings. The number of hydrogen-bond donors (Lipinski definition) is 3. The molecule has 27 heavy (non-hydrogen) atoms. The Morgan fingerprint density at radius 3 is 2.22 bits per heavy atom. The number of carbonyl (C=O) groups is 3. The van der Waals surface area contributed by atoms with Gasteiger partial charge in [0.05, 0.1) is 6.54 Å². The summed E-state index contributed by atoms with van der Waals surface area (Å²) in [4.78, 5) is 38.1. The summed E-state index contributed by atoms with van der Waals surface area (Å²) in [7, 11) is 3.09. The molecule has 0 radical (unpaired) electrons. The molecule has 0 aliphatic heterocycles. The zero-order chi connectivity index (χ0) is 19.8. The zero-order valence-electron chi connectivity index (χ0n) is 15.7. The lowest BCUT2D eigenvalue weighted by atomic mass is 10.0. The van der Waals surface area contributed by atoms with E-state index in [1.165, 1.54) is 7.05 Å². The van der Waals surface area contributed by atoms with Crippen molar-refractivity contribution in [3.63, 3.8) is 0 Å². The van der Waals surface area contributed by atoms with Crippen molar-refractivity contribution in [2.24, 2.45) is 0 Å². The summed E-state index contributed by atoms with van der Waals surface area (Å²) >= 11 is 0. The van der Waals surface area contributed by atoms with Gasteiger partial charge in [-0.15, -0.1) is 0 Å². The van der Waals surface area contributed by atoms with Crippen LogP contribution in [0, 0.1) is 6.92 Å². The highest BCUT2D eigenvalue weighted by Crippen LogP contribution is 2.19. The van der Waals surface area contributed by atoms with Crippen molar-refractivity contribution in [1.29, 1.82) is 0 Å². The van der Waals surface area contributed by atoms with Gasteiger partial charge in [-0.1, -0.05) is 48.0 Å². The second-order valence-corrected chi connectivity index (χ2v) is 6.21. The van der Waals surface area contributed by atoms with Gasteiger partial charge in [-0.25, -0.2) is 4.79 Å². The molecule has 0 fully saturated rings. The van der Waals surface area contributed by atoms with Crippen molar-refractivity contribution in [2.45, 2.75) is 13.0 Å². The zero-order valence-corrected chi connectivity index (χ0v) is 15.7. The van der Waals surface area contributed by atoms with E-state index in [2.05, 4.69) is 16.0 Å². The second kappa shape index (κ2) is 9.49. The van der Waals surface area contributed by atoms with Crippen LogP contribution >= 0.6 is 0 Å². The van der Waals surface area contributed by atoms with Crippen molar-refractivity contribution in [3.05, 3.63) is 65.7 Å². The van der Waals surface area contributed by atoms with Crippen LogP contribution in [0.4, 0.5) is 10.5 Å². The number of rotatable bonds is 6. The minimum Gasteiger partial charge on any atom is -0.341 e. The predicted octanol–water partition coefficient (Wildman–Crippen LogP) is 2.06. The highest BCUT2D eigenvalue weighted by Gasteiger charge is 2.27. The van der Waals surface area contributed by atoms with Crippen molar-refractivity contribution in [2.75, 3.05) is 26.0 Å². The van der Waals surface area contributed by atoms with Crippen LogP contribution in [0.15, 0.2) is 54.6 Å². The van der Waals surface area contributed by atoms with E-state index in [-0.39, 0.29) is 12.5 Å². The number of benzene rings is 2. The molecule has 0 heterocycles. The summed E-state index contributed by atoms with van der Waals surface area (Å²) in [5, 5.41) is 7.43. The number of nitrogens with one attached hydrogen (secondary N) is 3. The standard InChI is InChI=1S/C20H24N4O3/c1-14-9-11-16(12-10-14)22-17(25)13-24(3)18(15-7-5-4-6-8-15)19(26)23-20(27)21-2/h4-12,18H,13H2,1-3H3,(H,22,25)(H2,21,23,26,27)/t18-/m0/s1. The Hall–Kier alpha value is -3.19. The highest BCUT2D eigenvalue weighted by molar-refractivity contribution is 5.98. The molecule has 2 aromatic rings. The van der Waals surface area contributed by atoms with Crippen molar-refractivity contribution in [3.8, 4) is 0 Å². The third-order valence-electron chi connectivity index (χ3n) is 4.00. The lowest BCUT2D eigenvalue weighted by molar-refractivity contribution is -0.126. The molecule has 0 saturated heterocycles. The van der Waals surface area contributed by atoms with Gasteiger partial charge in [0, 0.05) is 12.7 Å². The number of carbonyl (C=O) groups excluding carboxylic acids is 3. The minimum absolute atomic E-state index is 0.0192. The van der Waals surface area contributed by atoms with E-state index in [4.69, 9.17) is 0 Å². The Balaban J connectivity index is 2.11. The van der Waals surface area contributed by atoms with Crippen LogP contribution in [0.1, 0.15) is 17.2 Å². The topological polar surface area (TPSA) is 90.5 Å². The van der Waals surface area contributed by atoms with E-state index in [1.54, 1.807) is 36.2 Å². The average molecular weight is 368 g/mol. The van der Waals surface area contributed by atoms with Crippen LogP contribution < -0.4 is 16.0 Å². The van der Waals surface area contributed by atoms with Crippen molar-refractivity contribution >= 4 is 23.5 Å². The van der Waals surface area contributed by atoms with Gasteiger partial charge in [-0.2, -0.15) is 0 Å². The van der Waals surface area contributed by atoms with E-state index in [0.717, 1.165) is 5.56 Å². The van der Waals surface area contributed by atoms with E-state index in [0.29, 0.717) is 11.3 Å². The molecule has 0 spiro atoms. The van der Waals surface area contributed by atoms with Gasteiger partial charge in [-0.05, 0) is 31.7 Å². The molecule has 0 bridgehead atoms. The lowest BCUT2D eigenvalue weighted by Gasteiger charge is -2.26. The van der Waals surface area contributed by atoms with Crippen molar-refractivity contribution in [1.82, 2.24) is 15.5 Å². The van der Waals surface area contributed by atoms with E-state index >= 15 is 0 Å². The number of imide groups is 1. The van der Waals surface area contributed by atoms with Crippen LogP contribution in [0.2, 0.25) is 0 Å². The normalized spacial score (nSPS) is 11.6. The smallest absolute Gasteiger partial charge is 0.321 e. The highest BCUT2D eigenvalue weighted by atomic mass is 16.2. The molecule has 3 N–H and O–H groups in total. The average Bonchev–Trinajstić information content (AvgIpc) is 2.64. The van der Waals surface area contributed by atoms with E-state index in [1.807, 2.05) is 37.3 Å². The molecule has 4 amide bonds. The maximum atomic E-state index is 12.6. The molecule has 2 aromatic carbocycles. The van der Waals surface area contributed by atoms with Crippen molar-refractivity contribution < 1.29 is 14.4 Å². The van der Waals surface area contributed by atoms with Gasteiger partial charge in [0.25, 0.3) is 0 Å². The summed E-state index contributed by atoms with van der Waals surface area (Å²) in [6.07, 6.45) is 0. The predicted molar refractivity (Wildman–Crippen MR) is 104 cm³/mol. The first-order valence-corrected chi connectivity index (χ1v) is 8.55. The Morgan fingerprint density at radius 2 is 1.63 bits per heavy atom. The fourth-order valence-corrected chi connectivity index (χ4v) is 2.64. The fourth-order valence-electron chi connectivity index (χ4n) is 2.64. The first kappa shape index (κ1) is 20.1. The first-order valence-electron chi connectivity index (χ1n) is 8.55. The molecule has 0 saturated carbocycles. The maximum Gasteiger partial charge on any atom is 0.321 e. The Labute approximate surface area is 158 Å². The quantitative estimate of drug-likeness (QED) is 0.728. The minimum atomic E-state index is -0.785. The van der Waals surface area contributed by atoms with E-state index < -0.39 is 18.0 Å². The molecule has 2 rings (SSSR count). The van der Waals surface area contributed by atoms with Gasteiger partial charge >= 0.3 is 6.03 Å². The van der Waals surface area contributed by atoms with Crippen LogP contribution in [0.3, 0.4) is 0 Å². The molecule has 7 nitrogen and oxygen atoms in total. The third-order valence-corrected chi connectivity index (χ3v) is 4.00. The van der Waals surface area contributed by atoms with Gasteiger partial charge < -0.3 is 10.6 Å². The third kappa shape index (κ3) is 5.93. The summed E-state index contributed by atoms with van der Waals surface area (Å²) < 4.78 is 0. The SMILES string of the molecule is CNC(=O)NC(=O)[C@H](c1ccccc1)N(C)CC(=O)Nc1ccc(C)cc1. The van der Waals surface area contributed by atoms with Gasteiger partial charge in [-0.3, -0.25) is 19.8 Å². The van der Waals surface area contributed by atoms with Gasteiger partial charge in [0.1, 0.15) is 6.04 Å². The second-order valence-electron chi connectivity index (χ2n) is 6.21. The number of aryl methyl sites for hydroxylation is 1. The van der Waals surface area contributed by atoms with Gasteiger partial charge in [0.2, 0.25) is 11.8 Å². The summed E-state index contributed by atoms with van der Waals surface area (Å²) in [5.41, 5.74) is 2.47. The van der Waals surface area contributed by atoms with Crippen LogP contribution in [0.25, 0.3) is 0 Å². The number of nitrogens with zero attached hydrogens (tertiary/aromatic N) is 1. The molecule has 0 aromatic heterocycles. The summed E-state index contributed by atoms with van der Waals surface area (Å²) in [6.45, 7) is 1.95. The maximum absolute atomic E-state index is 12.6. The fraction of sp³-hybridized carbons (Fsp3) is 0.250. The number of amides is 4. The molecule has 0 aliphatic carbocycles. The number of anilines is 1. The largest absolute Gasteiger partial charge is 0.341 e.